The van der Waals surface area contributed by atoms with Gasteiger partial charge in [-0.25, -0.2) is 0 Å². The third kappa shape index (κ3) is 5.27. The van der Waals surface area contributed by atoms with E-state index in [-0.39, 0.29) is 0 Å². The molecule has 1 fully saturated rings. The fourth-order valence-corrected chi connectivity index (χ4v) is 2.93. The van der Waals surface area contributed by atoms with Gasteiger partial charge in [-0.15, -0.1) is 0 Å². The largest absolute Gasteiger partial charge is 0.312 e. The highest BCUT2D eigenvalue weighted by atomic mass is 15.2. The summed E-state index contributed by atoms with van der Waals surface area (Å²) < 4.78 is 0. The maximum absolute atomic E-state index is 3.72. The molecule has 1 rings (SSSR count). The Morgan fingerprint density at radius 2 is 1.78 bits per heavy atom. The van der Waals surface area contributed by atoms with Gasteiger partial charge in [-0.3, -0.25) is 4.90 Å². The summed E-state index contributed by atoms with van der Waals surface area (Å²) in [5.74, 6) is 0. The molecule has 1 atom stereocenters. The molecular formula is C16H34N2. The molecule has 1 aliphatic rings. The van der Waals surface area contributed by atoms with Gasteiger partial charge in [-0.05, 0) is 57.5 Å². The highest BCUT2D eigenvalue weighted by Gasteiger charge is 2.25. The van der Waals surface area contributed by atoms with Crippen molar-refractivity contribution in [1.82, 2.24) is 10.2 Å². The van der Waals surface area contributed by atoms with Crippen LogP contribution in [0.3, 0.4) is 0 Å². The highest BCUT2D eigenvalue weighted by Crippen LogP contribution is 2.30. The summed E-state index contributed by atoms with van der Waals surface area (Å²) in [6.07, 6.45) is 6.59. The third-order valence-electron chi connectivity index (χ3n) is 4.69. The van der Waals surface area contributed by atoms with Gasteiger partial charge in [0.1, 0.15) is 0 Å². The Balaban J connectivity index is 2.35. The van der Waals surface area contributed by atoms with Gasteiger partial charge in [0.2, 0.25) is 0 Å². The smallest absolute Gasteiger partial charge is 0.0192 e. The summed E-state index contributed by atoms with van der Waals surface area (Å²) in [4.78, 5) is 2.68. The number of nitrogens with one attached hydrogen (secondary N) is 1. The van der Waals surface area contributed by atoms with Crippen LogP contribution in [-0.2, 0) is 0 Å². The third-order valence-corrected chi connectivity index (χ3v) is 4.69. The summed E-state index contributed by atoms with van der Waals surface area (Å²) in [6.45, 7) is 15.5. The van der Waals surface area contributed by atoms with Gasteiger partial charge < -0.3 is 5.32 Å². The van der Waals surface area contributed by atoms with Crippen molar-refractivity contribution in [2.75, 3.05) is 19.6 Å². The lowest BCUT2D eigenvalue weighted by atomic mass is 9.85. The predicted molar refractivity (Wildman–Crippen MR) is 81.0 cm³/mol. The number of hydrogen-bond donors (Lipinski definition) is 1. The van der Waals surface area contributed by atoms with Crippen molar-refractivity contribution >= 4 is 0 Å². The Bertz CT molecular complexity index is 221. The van der Waals surface area contributed by atoms with Crippen molar-refractivity contribution in [2.45, 2.75) is 78.8 Å². The van der Waals surface area contributed by atoms with E-state index < -0.39 is 0 Å². The second-order valence-corrected chi connectivity index (χ2v) is 6.82. The predicted octanol–water partition coefficient (Wildman–Crippen LogP) is 3.67. The monoisotopic (exact) mass is 254 g/mol. The average Bonchev–Trinajstić information content (AvgIpc) is 2.51. The average molecular weight is 254 g/mol. The van der Waals surface area contributed by atoms with E-state index in [0.29, 0.717) is 17.5 Å². The second-order valence-electron chi connectivity index (χ2n) is 6.82. The maximum atomic E-state index is 3.72. The number of rotatable bonds is 6. The summed E-state index contributed by atoms with van der Waals surface area (Å²) >= 11 is 0. The molecule has 18 heavy (non-hydrogen) atoms. The van der Waals surface area contributed by atoms with Gasteiger partial charge in [0, 0.05) is 18.6 Å². The van der Waals surface area contributed by atoms with Crippen LogP contribution in [0.15, 0.2) is 0 Å². The van der Waals surface area contributed by atoms with Crippen LogP contribution in [0.5, 0.6) is 0 Å². The van der Waals surface area contributed by atoms with Crippen LogP contribution in [0.4, 0.5) is 0 Å². The zero-order valence-electron chi connectivity index (χ0n) is 13.3. The fourth-order valence-electron chi connectivity index (χ4n) is 2.93. The van der Waals surface area contributed by atoms with E-state index in [4.69, 9.17) is 0 Å². The van der Waals surface area contributed by atoms with E-state index in [0.717, 1.165) is 6.54 Å². The van der Waals surface area contributed by atoms with Gasteiger partial charge in [0.15, 0.2) is 0 Å². The topological polar surface area (TPSA) is 15.3 Å². The molecular weight excluding hydrogens is 220 g/mol. The van der Waals surface area contributed by atoms with E-state index in [9.17, 15) is 0 Å². The second kappa shape index (κ2) is 7.49. The molecule has 0 aromatic heterocycles. The normalized spacial score (nSPS) is 23.0. The zero-order valence-corrected chi connectivity index (χ0v) is 13.3. The van der Waals surface area contributed by atoms with E-state index in [1.807, 2.05) is 0 Å². The lowest BCUT2D eigenvalue weighted by Gasteiger charge is -2.30. The van der Waals surface area contributed by atoms with Crippen molar-refractivity contribution in [2.24, 2.45) is 5.41 Å². The van der Waals surface area contributed by atoms with Crippen molar-refractivity contribution in [1.29, 1.82) is 0 Å². The van der Waals surface area contributed by atoms with Gasteiger partial charge in [0.25, 0.3) is 0 Å². The molecule has 0 aromatic carbocycles. The first-order chi connectivity index (χ1) is 8.48. The van der Waals surface area contributed by atoms with Crippen LogP contribution in [0.1, 0.15) is 66.7 Å². The fraction of sp³-hybridized carbons (Fsp3) is 1.00. The van der Waals surface area contributed by atoms with Gasteiger partial charge >= 0.3 is 0 Å². The first-order valence-corrected chi connectivity index (χ1v) is 7.96. The van der Waals surface area contributed by atoms with Gasteiger partial charge in [-0.1, -0.05) is 27.7 Å². The Morgan fingerprint density at radius 1 is 1.11 bits per heavy atom. The number of likely N-dealkylation sites (tertiary alicyclic amines) is 1. The Morgan fingerprint density at radius 3 is 2.39 bits per heavy atom. The number of nitrogens with zero attached hydrogens (tertiary/aromatic N) is 1. The van der Waals surface area contributed by atoms with Crippen molar-refractivity contribution in [3.63, 3.8) is 0 Å². The van der Waals surface area contributed by atoms with Gasteiger partial charge in [0.05, 0.1) is 0 Å². The van der Waals surface area contributed by atoms with E-state index in [1.54, 1.807) is 0 Å². The van der Waals surface area contributed by atoms with Crippen LogP contribution in [0, 0.1) is 5.41 Å². The summed E-state index contributed by atoms with van der Waals surface area (Å²) in [7, 11) is 0. The molecule has 0 bridgehead atoms. The quantitative estimate of drug-likeness (QED) is 0.778. The van der Waals surface area contributed by atoms with Crippen LogP contribution < -0.4 is 5.32 Å². The Hall–Kier alpha value is -0.0800. The van der Waals surface area contributed by atoms with Crippen molar-refractivity contribution in [3.8, 4) is 0 Å². The molecule has 2 nitrogen and oxygen atoms in total. The molecule has 0 aliphatic carbocycles. The molecule has 1 N–H and O–H groups in total. The molecule has 2 heteroatoms. The molecule has 0 aromatic rings. The summed E-state index contributed by atoms with van der Waals surface area (Å²) in [6, 6.07) is 1.38. The van der Waals surface area contributed by atoms with Crippen LogP contribution in [-0.4, -0.2) is 36.6 Å². The first-order valence-electron chi connectivity index (χ1n) is 7.96. The van der Waals surface area contributed by atoms with Crippen LogP contribution >= 0.6 is 0 Å². The number of hydrogen-bond acceptors (Lipinski definition) is 2. The molecule has 1 saturated heterocycles. The van der Waals surface area contributed by atoms with E-state index in [2.05, 4.69) is 44.8 Å². The van der Waals surface area contributed by atoms with Gasteiger partial charge in [-0.2, -0.15) is 0 Å². The Labute approximate surface area is 115 Å². The van der Waals surface area contributed by atoms with Crippen molar-refractivity contribution < 1.29 is 0 Å². The SMILES string of the molecule is CCC(CC)NCC(C)N1CCCC(C)(C)CC1. The molecule has 0 spiro atoms. The minimum absolute atomic E-state index is 0.553. The van der Waals surface area contributed by atoms with E-state index >= 15 is 0 Å². The first kappa shape index (κ1) is 16.0. The summed E-state index contributed by atoms with van der Waals surface area (Å²) in [5.41, 5.74) is 0.553. The maximum Gasteiger partial charge on any atom is 0.0192 e. The molecule has 0 radical (unpaired) electrons. The van der Waals surface area contributed by atoms with Crippen molar-refractivity contribution in [3.05, 3.63) is 0 Å². The Kier molecular flexibility index (Phi) is 6.65. The highest BCUT2D eigenvalue weighted by molar-refractivity contribution is 4.80. The van der Waals surface area contributed by atoms with Crippen LogP contribution in [0.2, 0.25) is 0 Å². The standard InChI is InChI=1S/C16H34N2/c1-6-15(7-2)17-13-14(3)18-11-8-9-16(4,5)10-12-18/h14-15,17H,6-13H2,1-5H3. The molecule has 1 heterocycles. The molecule has 0 amide bonds. The molecule has 108 valence electrons. The molecule has 0 saturated carbocycles. The van der Waals surface area contributed by atoms with E-state index in [1.165, 1.54) is 45.2 Å². The summed E-state index contributed by atoms with van der Waals surface area (Å²) in [5, 5.41) is 3.72. The lowest BCUT2D eigenvalue weighted by molar-refractivity contribution is 0.198. The molecule has 1 unspecified atom stereocenters. The lowest BCUT2D eigenvalue weighted by Crippen LogP contribution is -2.43. The minimum Gasteiger partial charge on any atom is -0.312 e. The zero-order chi connectivity index (χ0) is 13.6. The van der Waals surface area contributed by atoms with Crippen LogP contribution in [0.25, 0.3) is 0 Å². The molecule has 1 aliphatic heterocycles. The minimum atomic E-state index is 0.553.